The van der Waals surface area contributed by atoms with Crippen LogP contribution in [0.4, 0.5) is 0 Å². The number of carbonyl (C=O) groups is 1. The van der Waals surface area contributed by atoms with Crippen molar-refractivity contribution in [1.29, 1.82) is 0 Å². The Bertz CT molecular complexity index is 1150. The van der Waals surface area contributed by atoms with Crippen LogP contribution in [0, 0.1) is 0 Å². The fourth-order valence-corrected chi connectivity index (χ4v) is 2.84. The van der Waals surface area contributed by atoms with Gasteiger partial charge in [0.15, 0.2) is 12.4 Å². The first-order valence-electron chi connectivity index (χ1n) is 8.53. The molecule has 0 bridgehead atoms. The summed E-state index contributed by atoms with van der Waals surface area (Å²) in [5.74, 6) is 0.148. The van der Waals surface area contributed by atoms with Gasteiger partial charge in [-0.1, -0.05) is 72.8 Å². The lowest BCUT2D eigenvalue weighted by molar-refractivity contribution is 0.0691. The van der Waals surface area contributed by atoms with Crippen molar-refractivity contribution in [3.05, 3.63) is 101 Å². The van der Waals surface area contributed by atoms with Crippen molar-refractivity contribution >= 4 is 16.7 Å². The zero-order chi connectivity index (χ0) is 18.6. The maximum Gasteiger partial charge on any atom is 0.294 e. The van der Waals surface area contributed by atoms with Crippen LogP contribution in [0.5, 0.6) is 0 Å². The minimum Gasteiger partial charge on any atom is -0.400 e. The average molecular weight is 356 g/mol. The fourth-order valence-electron chi connectivity index (χ4n) is 2.84. The third-order valence-electron chi connectivity index (χ3n) is 4.19. The SMILES string of the molecule is O=C(COn1c(-c2ccccc2)nc2ccccc2c1=O)c1ccccc1. The molecule has 0 saturated carbocycles. The Hall–Kier alpha value is -3.73. The van der Waals surface area contributed by atoms with Gasteiger partial charge in [-0.3, -0.25) is 9.59 Å². The van der Waals surface area contributed by atoms with Gasteiger partial charge in [0.2, 0.25) is 5.78 Å². The smallest absolute Gasteiger partial charge is 0.294 e. The molecule has 1 aromatic heterocycles. The van der Waals surface area contributed by atoms with Gasteiger partial charge in [0.05, 0.1) is 10.9 Å². The lowest BCUT2D eigenvalue weighted by atomic mass is 10.1. The Kier molecular flexibility index (Phi) is 4.49. The second-order valence-electron chi connectivity index (χ2n) is 5.98. The van der Waals surface area contributed by atoms with Crippen LogP contribution in [-0.4, -0.2) is 22.1 Å². The first-order valence-corrected chi connectivity index (χ1v) is 8.53. The molecule has 0 atom stereocenters. The Morgan fingerprint density at radius 2 is 1.48 bits per heavy atom. The van der Waals surface area contributed by atoms with E-state index in [4.69, 9.17) is 4.84 Å². The van der Waals surface area contributed by atoms with Crippen LogP contribution >= 0.6 is 0 Å². The normalized spacial score (nSPS) is 10.7. The molecule has 4 aromatic rings. The molecule has 5 heteroatoms. The van der Waals surface area contributed by atoms with Crippen molar-refractivity contribution in [3.8, 4) is 11.4 Å². The summed E-state index contributed by atoms with van der Waals surface area (Å²) < 4.78 is 1.11. The monoisotopic (exact) mass is 356 g/mol. The van der Waals surface area contributed by atoms with Crippen LogP contribution in [0.2, 0.25) is 0 Å². The van der Waals surface area contributed by atoms with Gasteiger partial charge < -0.3 is 4.84 Å². The molecule has 0 spiro atoms. The number of rotatable bonds is 5. The number of aromatic nitrogens is 2. The molecule has 4 rings (SSSR count). The van der Waals surface area contributed by atoms with E-state index in [2.05, 4.69) is 4.98 Å². The number of nitrogens with zero attached hydrogens (tertiary/aromatic N) is 2. The van der Waals surface area contributed by atoms with E-state index >= 15 is 0 Å². The van der Waals surface area contributed by atoms with E-state index in [1.54, 1.807) is 42.5 Å². The van der Waals surface area contributed by atoms with Gasteiger partial charge in [-0.15, -0.1) is 4.73 Å². The quantitative estimate of drug-likeness (QED) is 0.514. The molecule has 132 valence electrons. The molecule has 0 aliphatic rings. The first kappa shape index (κ1) is 16.7. The highest BCUT2D eigenvalue weighted by molar-refractivity contribution is 5.97. The van der Waals surface area contributed by atoms with Gasteiger partial charge in [-0.25, -0.2) is 4.98 Å². The molecule has 0 unspecified atom stereocenters. The van der Waals surface area contributed by atoms with Gasteiger partial charge >= 0.3 is 0 Å². The van der Waals surface area contributed by atoms with Crippen molar-refractivity contribution in [2.75, 3.05) is 6.61 Å². The molecule has 3 aromatic carbocycles. The van der Waals surface area contributed by atoms with Gasteiger partial charge in [-0.2, -0.15) is 0 Å². The lowest BCUT2D eigenvalue weighted by Gasteiger charge is -2.14. The number of fused-ring (bicyclic) bond motifs is 1. The highest BCUT2D eigenvalue weighted by Crippen LogP contribution is 2.17. The molecule has 5 nitrogen and oxygen atoms in total. The molecule has 27 heavy (non-hydrogen) atoms. The predicted molar refractivity (Wildman–Crippen MR) is 104 cm³/mol. The van der Waals surface area contributed by atoms with E-state index in [0.717, 1.165) is 10.3 Å². The second kappa shape index (κ2) is 7.25. The van der Waals surface area contributed by atoms with E-state index in [1.807, 2.05) is 42.5 Å². The molecule has 1 heterocycles. The number of hydrogen-bond acceptors (Lipinski definition) is 4. The molecule has 0 saturated heterocycles. The van der Waals surface area contributed by atoms with Crippen molar-refractivity contribution in [2.24, 2.45) is 0 Å². The second-order valence-corrected chi connectivity index (χ2v) is 5.98. The van der Waals surface area contributed by atoms with E-state index in [1.165, 1.54) is 0 Å². The molecule has 0 aliphatic heterocycles. The topological polar surface area (TPSA) is 61.2 Å². The Morgan fingerprint density at radius 1 is 0.852 bits per heavy atom. The number of benzene rings is 3. The summed E-state index contributed by atoms with van der Waals surface area (Å²) in [4.78, 5) is 35.6. The van der Waals surface area contributed by atoms with Crippen LogP contribution in [0.1, 0.15) is 10.4 Å². The fraction of sp³-hybridized carbons (Fsp3) is 0.0455. The number of hydrogen-bond donors (Lipinski definition) is 0. The molecular weight excluding hydrogens is 340 g/mol. The number of ketones is 1. The predicted octanol–water partition coefficient (Wildman–Crippen LogP) is 3.38. The van der Waals surface area contributed by atoms with Crippen LogP contribution in [-0.2, 0) is 0 Å². The van der Waals surface area contributed by atoms with Crippen molar-refractivity contribution < 1.29 is 9.63 Å². The summed E-state index contributed by atoms with van der Waals surface area (Å²) in [6.45, 7) is -0.260. The summed E-state index contributed by atoms with van der Waals surface area (Å²) in [6, 6.07) is 25.2. The van der Waals surface area contributed by atoms with Crippen LogP contribution in [0.15, 0.2) is 89.7 Å². The summed E-state index contributed by atoms with van der Waals surface area (Å²) in [5.41, 5.74) is 1.49. The van der Waals surface area contributed by atoms with Crippen LogP contribution in [0.3, 0.4) is 0 Å². The zero-order valence-electron chi connectivity index (χ0n) is 14.4. The standard InChI is InChI=1S/C22H16N2O3/c25-20(16-9-3-1-4-10-16)15-27-24-21(17-11-5-2-6-12-17)23-19-14-8-7-13-18(19)22(24)26/h1-14H,15H2. The average Bonchev–Trinajstić information content (AvgIpc) is 2.74. The minimum absolute atomic E-state index is 0.213. The first-order chi connectivity index (χ1) is 13.2. The number of carbonyl (C=O) groups excluding carboxylic acids is 1. The van der Waals surface area contributed by atoms with E-state index in [0.29, 0.717) is 22.3 Å². The van der Waals surface area contributed by atoms with E-state index in [9.17, 15) is 9.59 Å². The van der Waals surface area contributed by atoms with E-state index in [-0.39, 0.29) is 17.9 Å². The van der Waals surface area contributed by atoms with Crippen molar-refractivity contribution in [2.45, 2.75) is 0 Å². The zero-order valence-corrected chi connectivity index (χ0v) is 14.4. The summed E-state index contributed by atoms with van der Waals surface area (Å²) in [6.07, 6.45) is 0. The maximum atomic E-state index is 13.0. The molecule has 0 amide bonds. The summed E-state index contributed by atoms with van der Waals surface area (Å²) in [5, 5.41) is 0.435. The molecule has 0 N–H and O–H groups in total. The molecule has 0 fully saturated rings. The lowest BCUT2D eigenvalue weighted by Crippen LogP contribution is -2.32. The minimum atomic E-state index is -0.347. The summed E-state index contributed by atoms with van der Waals surface area (Å²) >= 11 is 0. The molecular formula is C22H16N2O3. The van der Waals surface area contributed by atoms with Crippen molar-refractivity contribution in [3.63, 3.8) is 0 Å². The Morgan fingerprint density at radius 3 is 2.22 bits per heavy atom. The van der Waals surface area contributed by atoms with Gasteiger partial charge in [0.25, 0.3) is 5.56 Å². The largest absolute Gasteiger partial charge is 0.400 e. The maximum absolute atomic E-state index is 13.0. The third-order valence-corrected chi connectivity index (χ3v) is 4.19. The van der Waals surface area contributed by atoms with Crippen LogP contribution in [0.25, 0.3) is 22.3 Å². The highest BCUT2D eigenvalue weighted by Gasteiger charge is 2.15. The Labute approximate surface area is 155 Å². The summed E-state index contributed by atoms with van der Waals surface area (Å²) in [7, 11) is 0. The van der Waals surface area contributed by atoms with Gasteiger partial charge in [0, 0.05) is 11.1 Å². The van der Waals surface area contributed by atoms with Gasteiger partial charge in [-0.05, 0) is 12.1 Å². The Balaban J connectivity index is 1.77. The van der Waals surface area contributed by atoms with Crippen LogP contribution < -0.4 is 10.4 Å². The molecule has 0 radical (unpaired) electrons. The highest BCUT2D eigenvalue weighted by atomic mass is 16.7. The van der Waals surface area contributed by atoms with Crippen molar-refractivity contribution in [1.82, 2.24) is 9.71 Å². The third kappa shape index (κ3) is 3.35. The number of para-hydroxylation sites is 1. The molecule has 0 aliphatic carbocycles. The number of Topliss-reactive ketones (excluding diaryl/α,β-unsaturated/α-hetero) is 1. The van der Waals surface area contributed by atoms with Gasteiger partial charge in [0.1, 0.15) is 0 Å². The van der Waals surface area contributed by atoms with E-state index < -0.39 is 0 Å².